The van der Waals surface area contributed by atoms with E-state index in [0.717, 1.165) is 25.6 Å². The zero-order valence-electron chi connectivity index (χ0n) is 14.6. The van der Waals surface area contributed by atoms with Crippen LogP contribution in [0.4, 0.5) is 0 Å². The minimum atomic E-state index is 0.299. The second kappa shape index (κ2) is 6.49. The molecule has 0 spiro atoms. The number of piperazine rings is 1. The second-order valence-corrected chi connectivity index (χ2v) is 7.73. The van der Waals surface area contributed by atoms with Gasteiger partial charge in [0.2, 0.25) is 0 Å². The lowest BCUT2D eigenvalue weighted by molar-refractivity contribution is 0.0522. The molecule has 1 fully saturated rings. The van der Waals surface area contributed by atoms with Crippen LogP contribution in [-0.2, 0) is 13.6 Å². The molecule has 4 nitrogen and oxygen atoms in total. The maximum absolute atomic E-state index is 4.31. The minimum Gasteiger partial charge on any atom is -0.311 e. The summed E-state index contributed by atoms with van der Waals surface area (Å²) in [5.74, 6) is 0.718. The molecule has 0 bridgehead atoms. The summed E-state index contributed by atoms with van der Waals surface area (Å²) in [6.45, 7) is 14.9. The van der Waals surface area contributed by atoms with E-state index < -0.39 is 0 Å². The Morgan fingerprint density at radius 1 is 1.43 bits per heavy atom. The van der Waals surface area contributed by atoms with Gasteiger partial charge < -0.3 is 5.32 Å². The van der Waals surface area contributed by atoms with Crippen LogP contribution in [0.3, 0.4) is 0 Å². The molecule has 1 aromatic rings. The van der Waals surface area contributed by atoms with Crippen molar-refractivity contribution in [2.75, 3.05) is 13.1 Å². The third kappa shape index (κ3) is 4.07. The predicted molar refractivity (Wildman–Crippen MR) is 88.1 cm³/mol. The first-order valence-corrected chi connectivity index (χ1v) is 8.26. The lowest BCUT2D eigenvalue weighted by Gasteiger charge is -2.47. The molecule has 0 aliphatic carbocycles. The van der Waals surface area contributed by atoms with Gasteiger partial charge in [-0.1, -0.05) is 41.0 Å². The van der Waals surface area contributed by atoms with Crippen LogP contribution in [0.5, 0.6) is 0 Å². The van der Waals surface area contributed by atoms with Gasteiger partial charge in [-0.3, -0.25) is 9.58 Å². The molecule has 2 heterocycles. The van der Waals surface area contributed by atoms with E-state index in [-0.39, 0.29) is 0 Å². The number of aryl methyl sites for hydroxylation is 1. The highest BCUT2D eigenvalue weighted by Crippen LogP contribution is 2.27. The molecule has 3 atom stereocenters. The zero-order valence-corrected chi connectivity index (χ0v) is 14.6. The van der Waals surface area contributed by atoms with Gasteiger partial charge in [-0.25, -0.2) is 0 Å². The minimum absolute atomic E-state index is 0.299. The molecule has 3 unspecified atom stereocenters. The molecule has 2 rings (SSSR count). The number of hydrogen-bond donors (Lipinski definition) is 1. The molecule has 0 amide bonds. The molecule has 1 aromatic heterocycles. The maximum atomic E-state index is 4.31. The molecule has 0 aromatic carbocycles. The molecule has 1 aliphatic rings. The zero-order chi connectivity index (χ0) is 15.6. The fourth-order valence-electron chi connectivity index (χ4n) is 3.21. The van der Waals surface area contributed by atoms with Crippen molar-refractivity contribution in [1.82, 2.24) is 20.0 Å². The highest BCUT2D eigenvalue weighted by molar-refractivity contribution is 5.05. The van der Waals surface area contributed by atoms with Crippen LogP contribution in [0.25, 0.3) is 0 Å². The Balaban J connectivity index is 2.12. The van der Waals surface area contributed by atoms with Gasteiger partial charge >= 0.3 is 0 Å². The molecular weight excluding hydrogens is 260 g/mol. The second-order valence-electron chi connectivity index (χ2n) is 7.73. The average Bonchev–Trinajstić information content (AvgIpc) is 2.82. The molecule has 0 saturated carbocycles. The van der Waals surface area contributed by atoms with Crippen molar-refractivity contribution < 1.29 is 0 Å². The molecule has 1 saturated heterocycles. The van der Waals surface area contributed by atoms with Crippen molar-refractivity contribution >= 4 is 0 Å². The van der Waals surface area contributed by atoms with E-state index in [0.29, 0.717) is 17.5 Å². The first-order valence-electron chi connectivity index (χ1n) is 8.26. The van der Waals surface area contributed by atoms with Crippen molar-refractivity contribution in [3.05, 3.63) is 18.0 Å². The third-order valence-electron chi connectivity index (χ3n) is 4.95. The number of nitrogens with one attached hydrogen (secondary N) is 1. The summed E-state index contributed by atoms with van der Waals surface area (Å²) in [5.41, 5.74) is 1.62. The van der Waals surface area contributed by atoms with Gasteiger partial charge in [0.25, 0.3) is 0 Å². The summed E-state index contributed by atoms with van der Waals surface area (Å²) in [6.07, 6.45) is 5.37. The molecule has 1 aliphatic heterocycles. The number of nitrogens with zero attached hydrogens (tertiary/aromatic N) is 3. The molecule has 0 radical (unpaired) electrons. The normalized spacial score (nSPS) is 26.0. The highest BCUT2D eigenvalue weighted by Gasteiger charge is 2.35. The van der Waals surface area contributed by atoms with Crippen molar-refractivity contribution in [3.8, 4) is 0 Å². The summed E-state index contributed by atoms with van der Waals surface area (Å²) >= 11 is 0. The highest BCUT2D eigenvalue weighted by atomic mass is 15.3. The van der Waals surface area contributed by atoms with Gasteiger partial charge in [0.15, 0.2) is 0 Å². The van der Waals surface area contributed by atoms with E-state index in [9.17, 15) is 0 Å². The number of rotatable bonds is 4. The van der Waals surface area contributed by atoms with E-state index in [1.54, 1.807) is 0 Å². The SMILES string of the molecule is CCC(C)C1CNC(C(C)(C)C)CN1Cc1cnn(C)c1. The summed E-state index contributed by atoms with van der Waals surface area (Å²) in [5, 5.41) is 8.10. The van der Waals surface area contributed by atoms with Crippen molar-refractivity contribution in [2.45, 2.75) is 59.7 Å². The van der Waals surface area contributed by atoms with Gasteiger partial charge in [-0.2, -0.15) is 5.10 Å². The first kappa shape index (κ1) is 16.5. The Morgan fingerprint density at radius 3 is 2.67 bits per heavy atom. The fraction of sp³-hybridized carbons (Fsp3) is 0.824. The number of aromatic nitrogens is 2. The summed E-state index contributed by atoms with van der Waals surface area (Å²) < 4.78 is 1.90. The van der Waals surface area contributed by atoms with Crippen molar-refractivity contribution in [1.29, 1.82) is 0 Å². The molecule has 4 heteroatoms. The van der Waals surface area contributed by atoms with E-state index in [4.69, 9.17) is 0 Å². The van der Waals surface area contributed by atoms with Crippen LogP contribution in [0.1, 0.15) is 46.6 Å². The molecule has 21 heavy (non-hydrogen) atoms. The summed E-state index contributed by atoms with van der Waals surface area (Å²) in [7, 11) is 1.99. The van der Waals surface area contributed by atoms with Gasteiger partial charge in [-0.15, -0.1) is 0 Å². The number of hydrogen-bond acceptors (Lipinski definition) is 3. The van der Waals surface area contributed by atoms with Gasteiger partial charge in [0.1, 0.15) is 0 Å². The van der Waals surface area contributed by atoms with Gasteiger partial charge in [0.05, 0.1) is 6.20 Å². The lowest BCUT2D eigenvalue weighted by Crippen LogP contribution is -2.61. The van der Waals surface area contributed by atoms with Crippen LogP contribution in [0.15, 0.2) is 12.4 Å². The molecular formula is C17H32N4. The fourth-order valence-corrected chi connectivity index (χ4v) is 3.21. The van der Waals surface area contributed by atoms with E-state index in [1.165, 1.54) is 12.0 Å². The van der Waals surface area contributed by atoms with E-state index >= 15 is 0 Å². The van der Waals surface area contributed by atoms with Crippen LogP contribution in [-0.4, -0.2) is 39.9 Å². The Labute approximate surface area is 129 Å². The molecule has 120 valence electrons. The quantitative estimate of drug-likeness (QED) is 0.926. The predicted octanol–water partition coefficient (Wildman–Crippen LogP) is 2.65. The van der Waals surface area contributed by atoms with Crippen LogP contribution < -0.4 is 5.32 Å². The van der Waals surface area contributed by atoms with Crippen molar-refractivity contribution in [3.63, 3.8) is 0 Å². The van der Waals surface area contributed by atoms with Gasteiger partial charge in [0, 0.05) is 50.5 Å². The monoisotopic (exact) mass is 292 g/mol. The average molecular weight is 292 g/mol. The third-order valence-corrected chi connectivity index (χ3v) is 4.95. The van der Waals surface area contributed by atoms with E-state index in [1.807, 2.05) is 17.9 Å². The topological polar surface area (TPSA) is 33.1 Å². The largest absolute Gasteiger partial charge is 0.311 e. The smallest absolute Gasteiger partial charge is 0.0534 e. The van der Waals surface area contributed by atoms with E-state index in [2.05, 4.69) is 56.1 Å². The van der Waals surface area contributed by atoms with Crippen molar-refractivity contribution in [2.24, 2.45) is 18.4 Å². The Bertz CT molecular complexity index is 446. The van der Waals surface area contributed by atoms with Crippen LogP contribution >= 0.6 is 0 Å². The Kier molecular flexibility index (Phi) is 5.10. The molecule has 1 N–H and O–H groups in total. The maximum Gasteiger partial charge on any atom is 0.0534 e. The standard InChI is InChI=1S/C17H32N4/c1-7-13(2)15-9-18-16(17(3,4)5)12-21(15)11-14-8-19-20(6)10-14/h8,10,13,15-16,18H,7,9,11-12H2,1-6H3. The van der Waals surface area contributed by atoms with Crippen LogP contribution in [0, 0.1) is 11.3 Å². The lowest BCUT2D eigenvalue weighted by atomic mass is 9.83. The Morgan fingerprint density at radius 2 is 2.14 bits per heavy atom. The summed E-state index contributed by atoms with van der Waals surface area (Å²) in [6, 6.07) is 1.17. The first-order chi connectivity index (χ1) is 9.81. The van der Waals surface area contributed by atoms with Gasteiger partial charge in [-0.05, 0) is 11.3 Å². The van der Waals surface area contributed by atoms with Crippen LogP contribution in [0.2, 0.25) is 0 Å². The Hall–Kier alpha value is -0.870. The summed E-state index contributed by atoms with van der Waals surface area (Å²) in [4.78, 5) is 2.66.